The summed E-state index contributed by atoms with van der Waals surface area (Å²) in [4.78, 5) is 21.4. The lowest BCUT2D eigenvalue weighted by Gasteiger charge is -2.13. The summed E-state index contributed by atoms with van der Waals surface area (Å²) in [5.41, 5.74) is 1.93. The second-order valence-corrected chi connectivity index (χ2v) is 8.60. The van der Waals surface area contributed by atoms with Gasteiger partial charge < -0.3 is 30.5 Å². The van der Waals surface area contributed by atoms with Gasteiger partial charge in [-0.3, -0.25) is 4.79 Å². The number of aromatic nitrogens is 2. The average Bonchev–Trinajstić information content (AvgIpc) is 3.09. The Morgan fingerprint density at radius 2 is 2.00 bits per heavy atom. The average molecular weight is 567 g/mol. The van der Waals surface area contributed by atoms with E-state index in [1.165, 1.54) is 6.33 Å². The van der Waals surface area contributed by atoms with Crippen molar-refractivity contribution in [2.75, 3.05) is 43.5 Å². The molecule has 0 saturated carbocycles. The first-order valence-corrected chi connectivity index (χ1v) is 12.1. The number of ether oxygens (including phenoxy) is 2. The van der Waals surface area contributed by atoms with Crippen molar-refractivity contribution < 1.29 is 19.4 Å². The summed E-state index contributed by atoms with van der Waals surface area (Å²) in [5.74, 6) is 2.00. The lowest BCUT2D eigenvalue weighted by molar-refractivity contribution is -0.117. The number of anilines is 3. The number of aliphatic hydroxyl groups excluding tert-OH is 1. The number of benzene rings is 2. The number of hydrogen-bond acceptors (Lipinski definition) is 8. The Morgan fingerprint density at radius 3 is 2.78 bits per heavy atom. The summed E-state index contributed by atoms with van der Waals surface area (Å²) in [5, 5.41) is 19.1. The van der Waals surface area contributed by atoms with E-state index in [0.29, 0.717) is 76.1 Å². The fourth-order valence-electron chi connectivity index (χ4n) is 3.49. The molecule has 0 spiro atoms. The highest BCUT2D eigenvalue weighted by atomic mass is 35.5. The molecule has 0 atom stereocenters. The monoisotopic (exact) mass is 565 g/mol. The molecule has 0 fully saturated rings. The number of carbonyl (C=O) groups excluding carboxylic acids is 1. The predicted octanol–water partition coefficient (Wildman–Crippen LogP) is 5.07. The first kappa shape index (κ1) is 28.5. The minimum absolute atomic E-state index is 0. The van der Waals surface area contributed by atoms with Crippen LogP contribution in [-0.2, 0) is 9.53 Å². The molecule has 2 heterocycles. The van der Waals surface area contributed by atoms with Gasteiger partial charge in [0.25, 0.3) is 0 Å². The number of aliphatic hydroxyl groups is 1. The normalized spacial score (nSPS) is 12.2. The van der Waals surface area contributed by atoms with E-state index in [4.69, 9.17) is 37.8 Å². The molecule has 196 valence electrons. The number of nitrogens with one attached hydrogen (secondary N) is 3. The molecule has 2 aromatic carbocycles. The molecule has 9 nitrogen and oxygen atoms in total. The van der Waals surface area contributed by atoms with Gasteiger partial charge in [-0.1, -0.05) is 29.3 Å². The zero-order chi connectivity index (χ0) is 25.3. The van der Waals surface area contributed by atoms with Crippen LogP contribution in [0.2, 0.25) is 10.0 Å². The van der Waals surface area contributed by atoms with Crippen LogP contribution >= 0.6 is 35.6 Å². The van der Waals surface area contributed by atoms with Gasteiger partial charge >= 0.3 is 0 Å². The van der Waals surface area contributed by atoms with E-state index in [-0.39, 0.29) is 31.5 Å². The van der Waals surface area contributed by atoms with Crippen molar-refractivity contribution in [2.24, 2.45) is 0 Å². The van der Waals surface area contributed by atoms with Crippen LogP contribution in [0.3, 0.4) is 0 Å². The molecule has 1 amide bonds. The highest BCUT2D eigenvalue weighted by Crippen LogP contribution is 2.34. The maximum absolute atomic E-state index is 12.7. The molecular weight excluding hydrogens is 541 g/mol. The molecule has 0 radical (unpaired) electrons. The summed E-state index contributed by atoms with van der Waals surface area (Å²) in [7, 11) is 0. The summed E-state index contributed by atoms with van der Waals surface area (Å²) in [6, 6.07) is 12.3. The zero-order valence-electron chi connectivity index (χ0n) is 19.7. The molecule has 4 rings (SSSR count). The van der Waals surface area contributed by atoms with Gasteiger partial charge in [0.2, 0.25) is 5.91 Å². The Morgan fingerprint density at radius 1 is 1.14 bits per heavy atom. The van der Waals surface area contributed by atoms with E-state index >= 15 is 0 Å². The third kappa shape index (κ3) is 7.95. The molecule has 0 bridgehead atoms. The summed E-state index contributed by atoms with van der Waals surface area (Å²) >= 11 is 12.5. The molecule has 1 aliphatic heterocycles. The number of hydrogen-bond donors (Lipinski definition) is 4. The zero-order valence-corrected chi connectivity index (χ0v) is 22.0. The number of carbonyl (C=O) groups is 1. The molecule has 12 heteroatoms. The van der Waals surface area contributed by atoms with Crippen molar-refractivity contribution in [1.29, 1.82) is 0 Å². The summed E-state index contributed by atoms with van der Waals surface area (Å²) < 4.78 is 11.0. The van der Waals surface area contributed by atoms with Crippen LogP contribution in [0.1, 0.15) is 12.0 Å². The van der Waals surface area contributed by atoms with Crippen LogP contribution in [0, 0.1) is 0 Å². The largest absolute Gasteiger partial charge is 0.456 e. The molecule has 0 unspecified atom stereocenters. The maximum Gasteiger partial charge on any atom is 0.247 e. The maximum atomic E-state index is 12.7. The number of nitrogens with zero attached hydrogens (tertiary/aromatic N) is 2. The van der Waals surface area contributed by atoms with Gasteiger partial charge in [-0.25, -0.2) is 9.97 Å². The van der Waals surface area contributed by atoms with Gasteiger partial charge in [0.05, 0.1) is 30.4 Å². The van der Waals surface area contributed by atoms with Gasteiger partial charge in [0, 0.05) is 29.4 Å². The highest BCUT2D eigenvalue weighted by Gasteiger charge is 2.18. The van der Waals surface area contributed by atoms with Crippen LogP contribution in [0.5, 0.6) is 11.5 Å². The van der Waals surface area contributed by atoms with Crippen LogP contribution in [0.25, 0.3) is 6.08 Å². The molecule has 3 aromatic rings. The second kappa shape index (κ2) is 14.0. The Labute approximate surface area is 230 Å². The standard InChI is InChI=1S/C25H25Cl2N5O4.ClH/c26-17-2-1-3-19(13-17)36-22-5-4-18(14-21(22)27)32-24-20-12-16(6-7-28-23(20)30-15-31-24)25(34)29-8-10-35-11-9-33;/h1-5,12-15,33H,6-11H2,(H,29,34)(H2,28,30,31,32);1H. The molecule has 37 heavy (non-hydrogen) atoms. The van der Waals surface area contributed by atoms with Gasteiger partial charge in [0.1, 0.15) is 29.5 Å². The van der Waals surface area contributed by atoms with Crippen LogP contribution in [0.4, 0.5) is 17.3 Å². The fraction of sp³-hybridized carbons (Fsp3) is 0.240. The Bertz CT molecular complexity index is 1260. The van der Waals surface area contributed by atoms with E-state index in [0.717, 1.165) is 0 Å². The van der Waals surface area contributed by atoms with Crippen molar-refractivity contribution in [3.05, 3.63) is 70.0 Å². The van der Waals surface area contributed by atoms with Gasteiger partial charge in [0.15, 0.2) is 0 Å². The lowest BCUT2D eigenvalue weighted by Crippen LogP contribution is -2.29. The summed E-state index contributed by atoms with van der Waals surface area (Å²) in [6.45, 7) is 1.39. The fourth-order valence-corrected chi connectivity index (χ4v) is 3.89. The van der Waals surface area contributed by atoms with E-state index in [1.54, 1.807) is 42.5 Å². The molecule has 0 aliphatic carbocycles. The molecule has 1 aromatic heterocycles. The van der Waals surface area contributed by atoms with Crippen molar-refractivity contribution >= 4 is 64.9 Å². The number of halogens is 3. The van der Waals surface area contributed by atoms with Gasteiger partial charge in [-0.15, -0.1) is 12.4 Å². The number of fused-ring (bicyclic) bond motifs is 1. The van der Waals surface area contributed by atoms with Gasteiger partial charge in [-0.05, 0) is 48.9 Å². The van der Waals surface area contributed by atoms with Crippen molar-refractivity contribution in [3.8, 4) is 11.5 Å². The molecular formula is C25H26Cl3N5O4. The van der Waals surface area contributed by atoms with Crippen molar-refractivity contribution in [1.82, 2.24) is 15.3 Å². The van der Waals surface area contributed by atoms with E-state index < -0.39 is 0 Å². The van der Waals surface area contributed by atoms with Crippen molar-refractivity contribution in [3.63, 3.8) is 0 Å². The van der Waals surface area contributed by atoms with Crippen LogP contribution < -0.4 is 20.7 Å². The Kier molecular flexibility index (Phi) is 10.8. The molecule has 4 N–H and O–H groups in total. The Balaban J connectivity index is 0.00000380. The third-order valence-electron chi connectivity index (χ3n) is 5.17. The quantitative estimate of drug-likeness (QED) is 0.252. The summed E-state index contributed by atoms with van der Waals surface area (Å²) in [6.07, 6.45) is 3.74. The van der Waals surface area contributed by atoms with E-state index in [1.807, 2.05) is 6.07 Å². The Hall–Kier alpha value is -3.08. The number of rotatable bonds is 10. The molecule has 0 saturated heterocycles. The third-order valence-corrected chi connectivity index (χ3v) is 5.70. The van der Waals surface area contributed by atoms with Gasteiger partial charge in [-0.2, -0.15) is 0 Å². The molecule has 1 aliphatic rings. The highest BCUT2D eigenvalue weighted by molar-refractivity contribution is 6.32. The van der Waals surface area contributed by atoms with Crippen LogP contribution in [0.15, 0.2) is 54.4 Å². The van der Waals surface area contributed by atoms with E-state index in [9.17, 15) is 4.79 Å². The van der Waals surface area contributed by atoms with Crippen molar-refractivity contribution in [2.45, 2.75) is 6.42 Å². The smallest absolute Gasteiger partial charge is 0.247 e. The number of amides is 1. The minimum atomic E-state index is -0.197. The van der Waals surface area contributed by atoms with Crippen LogP contribution in [-0.4, -0.2) is 53.9 Å². The minimum Gasteiger partial charge on any atom is -0.456 e. The lowest BCUT2D eigenvalue weighted by atomic mass is 10.1. The first-order valence-electron chi connectivity index (χ1n) is 11.3. The SMILES string of the molecule is Cl.O=C(NCCOCCO)C1=Cc2c(ncnc2Nc2ccc(Oc3cccc(Cl)c3)c(Cl)c2)NCC1. The predicted molar refractivity (Wildman–Crippen MR) is 148 cm³/mol. The van der Waals surface area contributed by atoms with E-state index in [2.05, 4.69) is 25.9 Å². The second-order valence-electron chi connectivity index (χ2n) is 7.75. The topological polar surface area (TPSA) is 118 Å². The first-order chi connectivity index (χ1) is 17.5.